The lowest BCUT2D eigenvalue weighted by Gasteiger charge is -2.37. The summed E-state index contributed by atoms with van der Waals surface area (Å²) in [4.78, 5) is 17.2. The summed E-state index contributed by atoms with van der Waals surface area (Å²) in [6.45, 7) is 3.81. The fourth-order valence-corrected chi connectivity index (χ4v) is 3.01. The molecule has 0 aromatic carbocycles. The number of primary amides is 1. The zero-order valence-electron chi connectivity index (χ0n) is 14.6. The third-order valence-corrected chi connectivity index (χ3v) is 4.55. The number of rotatable bonds is 3. The van der Waals surface area contributed by atoms with Gasteiger partial charge >= 0.3 is 0 Å². The molecule has 1 fully saturated rings. The molecule has 0 aliphatic carbocycles. The third-order valence-electron chi connectivity index (χ3n) is 4.55. The molecule has 27 heavy (non-hydrogen) atoms. The van der Waals surface area contributed by atoms with E-state index in [2.05, 4.69) is 15.2 Å². The van der Waals surface area contributed by atoms with E-state index < -0.39 is 35.1 Å². The van der Waals surface area contributed by atoms with Crippen molar-refractivity contribution in [1.82, 2.24) is 15.2 Å². The highest BCUT2D eigenvalue weighted by Crippen LogP contribution is 2.29. The first-order valence-corrected chi connectivity index (χ1v) is 8.06. The van der Waals surface area contributed by atoms with Crippen LogP contribution in [0, 0.1) is 37.4 Å². The fourth-order valence-electron chi connectivity index (χ4n) is 3.01. The Kier molecular flexibility index (Phi) is 4.85. The molecule has 0 spiro atoms. The molecule has 2 N–H and O–H groups in total. The molecule has 1 aliphatic heterocycles. The number of nitrogens with two attached hydrogens (primary N) is 1. The van der Waals surface area contributed by atoms with Gasteiger partial charge in [-0.2, -0.15) is 27.6 Å². The summed E-state index contributed by atoms with van der Waals surface area (Å²) in [5, 5.41) is 8.01. The molecule has 1 aliphatic rings. The molecule has 0 atom stereocenters. The molecule has 3 rings (SSSR count). The highest BCUT2D eigenvalue weighted by molar-refractivity contribution is 5.99. The maximum absolute atomic E-state index is 13.9. The van der Waals surface area contributed by atoms with Crippen LogP contribution in [-0.2, 0) is 0 Å². The number of piperazine rings is 1. The quantitative estimate of drug-likeness (QED) is 0.637. The van der Waals surface area contributed by atoms with Crippen LogP contribution in [0.25, 0.3) is 0 Å². The molecule has 11 heteroatoms. The van der Waals surface area contributed by atoms with Gasteiger partial charge < -0.3 is 15.5 Å². The van der Waals surface area contributed by atoms with E-state index in [1.807, 2.05) is 0 Å². The van der Waals surface area contributed by atoms with Crippen molar-refractivity contribution < 1.29 is 22.4 Å². The maximum atomic E-state index is 13.9. The second-order valence-corrected chi connectivity index (χ2v) is 6.12. The average molecular weight is 384 g/mol. The largest absolute Gasteiger partial charge is 0.365 e. The van der Waals surface area contributed by atoms with E-state index in [4.69, 9.17) is 5.73 Å². The summed E-state index contributed by atoms with van der Waals surface area (Å²) >= 11 is 0. The van der Waals surface area contributed by atoms with Crippen LogP contribution in [0.3, 0.4) is 0 Å². The summed E-state index contributed by atoms with van der Waals surface area (Å²) < 4.78 is 54.5. The van der Waals surface area contributed by atoms with Gasteiger partial charge in [-0.05, 0) is 19.4 Å². The first-order chi connectivity index (χ1) is 12.7. The minimum atomic E-state index is -1.71. The van der Waals surface area contributed by atoms with Gasteiger partial charge in [0.1, 0.15) is 5.69 Å². The predicted molar refractivity (Wildman–Crippen MR) is 88.5 cm³/mol. The SMILES string of the molecule is Cc1nnc(N2CCN(c3c(F)c(F)nc(F)c3F)CC2)c(C(N)=O)c1C. The number of amides is 1. The van der Waals surface area contributed by atoms with Crippen LogP contribution in [0.1, 0.15) is 21.6 Å². The molecule has 1 amide bonds. The lowest BCUT2D eigenvalue weighted by Crippen LogP contribution is -2.48. The molecule has 144 valence electrons. The summed E-state index contributed by atoms with van der Waals surface area (Å²) in [7, 11) is 0. The maximum Gasteiger partial charge on any atom is 0.253 e. The summed E-state index contributed by atoms with van der Waals surface area (Å²) in [6, 6.07) is 0. The number of nitrogens with zero attached hydrogens (tertiary/aromatic N) is 5. The number of aromatic nitrogens is 3. The van der Waals surface area contributed by atoms with Gasteiger partial charge in [-0.25, -0.2) is 0 Å². The summed E-state index contributed by atoms with van der Waals surface area (Å²) in [5.41, 5.74) is 6.00. The van der Waals surface area contributed by atoms with E-state index in [-0.39, 0.29) is 37.6 Å². The van der Waals surface area contributed by atoms with Gasteiger partial charge in [0, 0.05) is 26.2 Å². The van der Waals surface area contributed by atoms with Crippen molar-refractivity contribution in [3.63, 3.8) is 0 Å². The first kappa shape index (κ1) is 18.8. The third kappa shape index (κ3) is 3.24. The molecule has 0 radical (unpaired) electrons. The lowest BCUT2D eigenvalue weighted by molar-refractivity contribution is 0.0999. The van der Waals surface area contributed by atoms with Gasteiger partial charge in [0.05, 0.1) is 11.3 Å². The van der Waals surface area contributed by atoms with E-state index in [0.29, 0.717) is 11.3 Å². The minimum Gasteiger partial charge on any atom is -0.365 e. The minimum absolute atomic E-state index is 0.0313. The van der Waals surface area contributed by atoms with Crippen molar-refractivity contribution in [2.75, 3.05) is 36.0 Å². The molecule has 0 unspecified atom stereocenters. The van der Waals surface area contributed by atoms with Gasteiger partial charge in [-0.15, -0.1) is 5.10 Å². The number of carbonyl (C=O) groups excluding carboxylic acids is 1. The van der Waals surface area contributed by atoms with Crippen molar-refractivity contribution in [2.24, 2.45) is 5.73 Å². The second kappa shape index (κ2) is 6.97. The van der Waals surface area contributed by atoms with E-state index in [0.717, 1.165) is 0 Å². The fraction of sp³-hybridized carbons (Fsp3) is 0.375. The molecular weight excluding hydrogens is 368 g/mol. The van der Waals surface area contributed by atoms with Crippen molar-refractivity contribution in [2.45, 2.75) is 13.8 Å². The average Bonchev–Trinajstić information content (AvgIpc) is 2.63. The van der Waals surface area contributed by atoms with Gasteiger partial charge in [-0.3, -0.25) is 4.79 Å². The molecule has 3 heterocycles. The Morgan fingerprint density at radius 3 is 1.96 bits per heavy atom. The van der Waals surface area contributed by atoms with E-state index in [1.54, 1.807) is 18.7 Å². The standard InChI is InChI=1S/C16H16F4N6O/c1-7-8(2)23-24-16(9(7)15(21)27)26-5-3-25(4-6-26)12-10(17)13(19)22-14(20)11(12)18/h3-6H2,1-2H3,(H2,21,27). The van der Waals surface area contributed by atoms with Crippen LogP contribution in [0.2, 0.25) is 0 Å². The van der Waals surface area contributed by atoms with Gasteiger partial charge in [0.15, 0.2) is 5.82 Å². The van der Waals surface area contributed by atoms with Crippen molar-refractivity contribution in [3.05, 3.63) is 40.4 Å². The number of hydrogen-bond acceptors (Lipinski definition) is 6. The number of pyridine rings is 1. The second-order valence-electron chi connectivity index (χ2n) is 6.12. The number of hydrogen-bond donors (Lipinski definition) is 1. The normalized spacial score (nSPS) is 14.6. The van der Waals surface area contributed by atoms with E-state index >= 15 is 0 Å². The Morgan fingerprint density at radius 1 is 0.926 bits per heavy atom. The zero-order valence-corrected chi connectivity index (χ0v) is 14.6. The number of halogens is 4. The monoisotopic (exact) mass is 384 g/mol. The van der Waals surface area contributed by atoms with Crippen LogP contribution in [-0.4, -0.2) is 47.3 Å². The van der Waals surface area contributed by atoms with E-state index in [1.165, 1.54) is 4.90 Å². The summed E-state index contributed by atoms with van der Waals surface area (Å²) in [6.07, 6.45) is 0. The molecule has 1 saturated heterocycles. The van der Waals surface area contributed by atoms with Crippen LogP contribution < -0.4 is 15.5 Å². The highest BCUT2D eigenvalue weighted by atomic mass is 19.2. The number of carbonyl (C=O) groups is 1. The van der Waals surface area contributed by atoms with Gasteiger partial charge in [-0.1, -0.05) is 0 Å². The Balaban J connectivity index is 1.88. The smallest absolute Gasteiger partial charge is 0.253 e. The van der Waals surface area contributed by atoms with Crippen LogP contribution in [0.5, 0.6) is 0 Å². The number of aryl methyl sites for hydroxylation is 1. The summed E-state index contributed by atoms with van der Waals surface area (Å²) in [5.74, 6) is -6.92. The Morgan fingerprint density at radius 2 is 1.44 bits per heavy atom. The van der Waals surface area contributed by atoms with Gasteiger partial charge in [0.2, 0.25) is 11.6 Å². The zero-order chi connectivity index (χ0) is 19.9. The van der Waals surface area contributed by atoms with E-state index in [9.17, 15) is 22.4 Å². The van der Waals surface area contributed by atoms with Crippen molar-refractivity contribution in [3.8, 4) is 0 Å². The lowest BCUT2D eigenvalue weighted by atomic mass is 10.1. The molecule has 7 nitrogen and oxygen atoms in total. The van der Waals surface area contributed by atoms with Crippen LogP contribution in [0.15, 0.2) is 0 Å². The number of anilines is 2. The van der Waals surface area contributed by atoms with Gasteiger partial charge in [0.25, 0.3) is 17.8 Å². The molecule has 2 aromatic rings. The van der Waals surface area contributed by atoms with Crippen LogP contribution in [0.4, 0.5) is 29.1 Å². The van der Waals surface area contributed by atoms with Crippen molar-refractivity contribution >= 4 is 17.4 Å². The Bertz CT molecular complexity index is 888. The Labute approximate surface area is 151 Å². The topological polar surface area (TPSA) is 88.2 Å². The predicted octanol–water partition coefficient (Wildman–Crippen LogP) is 1.47. The van der Waals surface area contributed by atoms with Crippen molar-refractivity contribution in [1.29, 1.82) is 0 Å². The Hall–Kier alpha value is -2.98. The highest BCUT2D eigenvalue weighted by Gasteiger charge is 2.30. The first-order valence-electron chi connectivity index (χ1n) is 8.06. The molecule has 0 bridgehead atoms. The molecular formula is C16H16F4N6O. The molecule has 2 aromatic heterocycles. The van der Waals surface area contributed by atoms with Crippen LogP contribution >= 0.6 is 0 Å². The molecule has 0 saturated carbocycles.